The van der Waals surface area contributed by atoms with Crippen molar-refractivity contribution in [2.24, 2.45) is 11.8 Å². The fourth-order valence-electron chi connectivity index (χ4n) is 1.58. The van der Waals surface area contributed by atoms with Crippen LogP contribution in [0.2, 0.25) is 0 Å². The van der Waals surface area contributed by atoms with Gasteiger partial charge in [-0.2, -0.15) is 0 Å². The first-order valence-electron chi connectivity index (χ1n) is 5.95. The van der Waals surface area contributed by atoms with E-state index in [9.17, 15) is 4.79 Å². The zero-order valence-corrected chi connectivity index (χ0v) is 11.3. The first kappa shape index (κ1) is 15.2. The SMILES string of the molecule is C=CC(CC(C)CNC(C)C)C(=O)N(C)C. The van der Waals surface area contributed by atoms with Crippen molar-refractivity contribution in [3.63, 3.8) is 0 Å². The Balaban J connectivity index is 4.11. The average Bonchev–Trinajstić information content (AvgIpc) is 2.21. The van der Waals surface area contributed by atoms with E-state index >= 15 is 0 Å². The molecule has 0 aromatic rings. The molecule has 1 N–H and O–H groups in total. The van der Waals surface area contributed by atoms with E-state index in [-0.39, 0.29) is 11.8 Å². The first-order valence-corrected chi connectivity index (χ1v) is 5.95. The smallest absolute Gasteiger partial charge is 0.228 e. The minimum Gasteiger partial charge on any atom is -0.348 e. The standard InChI is InChI=1S/C13H26N2O/c1-7-12(13(16)15(5)6)8-11(4)9-14-10(2)3/h7,10-12,14H,1,8-9H2,2-6H3. The number of hydrogen-bond acceptors (Lipinski definition) is 2. The number of carbonyl (C=O) groups excluding carboxylic acids is 1. The minimum absolute atomic E-state index is 0.0565. The van der Waals surface area contributed by atoms with Crippen LogP contribution in [0, 0.1) is 11.8 Å². The Bertz CT molecular complexity index is 224. The van der Waals surface area contributed by atoms with Gasteiger partial charge in [0.25, 0.3) is 0 Å². The van der Waals surface area contributed by atoms with Crippen molar-refractivity contribution in [3.8, 4) is 0 Å². The molecule has 0 fully saturated rings. The molecule has 0 aliphatic rings. The van der Waals surface area contributed by atoms with Crippen molar-refractivity contribution < 1.29 is 4.79 Å². The third-order valence-electron chi connectivity index (χ3n) is 2.57. The molecule has 0 aromatic heterocycles. The van der Waals surface area contributed by atoms with Crippen LogP contribution < -0.4 is 5.32 Å². The molecule has 0 saturated heterocycles. The van der Waals surface area contributed by atoms with Gasteiger partial charge in [-0.05, 0) is 18.9 Å². The summed E-state index contributed by atoms with van der Waals surface area (Å²) in [5.41, 5.74) is 0. The highest BCUT2D eigenvalue weighted by molar-refractivity contribution is 5.79. The van der Waals surface area contributed by atoms with E-state index in [1.54, 1.807) is 25.1 Å². The Morgan fingerprint density at radius 3 is 2.31 bits per heavy atom. The Hall–Kier alpha value is -0.830. The van der Waals surface area contributed by atoms with Gasteiger partial charge >= 0.3 is 0 Å². The van der Waals surface area contributed by atoms with Gasteiger partial charge in [-0.25, -0.2) is 0 Å². The molecule has 0 saturated carbocycles. The summed E-state index contributed by atoms with van der Waals surface area (Å²) in [7, 11) is 3.58. The summed E-state index contributed by atoms with van der Waals surface area (Å²) in [6, 6.07) is 0.495. The van der Waals surface area contributed by atoms with Crippen LogP contribution >= 0.6 is 0 Å². The number of amides is 1. The van der Waals surface area contributed by atoms with E-state index in [0.717, 1.165) is 13.0 Å². The van der Waals surface area contributed by atoms with E-state index in [4.69, 9.17) is 0 Å². The molecule has 94 valence electrons. The van der Waals surface area contributed by atoms with Gasteiger partial charge in [-0.15, -0.1) is 6.58 Å². The topological polar surface area (TPSA) is 32.3 Å². The molecule has 16 heavy (non-hydrogen) atoms. The fraction of sp³-hybridized carbons (Fsp3) is 0.769. The lowest BCUT2D eigenvalue weighted by Crippen LogP contribution is -2.33. The lowest BCUT2D eigenvalue weighted by molar-refractivity contribution is -0.131. The third-order valence-corrected chi connectivity index (χ3v) is 2.57. The van der Waals surface area contributed by atoms with E-state index < -0.39 is 0 Å². The van der Waals surface area contributed by atoms with Gasteiger partial charge in [-0.1, -0.05) is 26.8 Å². The molecule has 1 amide bonds. The molecule has 3 heteroatoms. The average molecular weight is 226 g/mol. The number of carbonyl (C=O) groups is 1. The molecule has 0 bridgehead atoms. The second-order valence-electron chi connectivity index (χ2n) is 4.98. The molecule has 0 aliphatic heterocycles. The number of nitrogens with one attached hydrogen (secondary N) is 1. The molecule has 3 nitrogen and oxygen atoms in total. The maximum absolute atomic E-state index is 11.8. The van der Waals surface area contributed by atoms with E-state index in [2.05, 4.69) is 32.7 Å². The van der Waals surface area contributed by atoms with Crippen LogP contribution in [-0.2, 0) is 4.79 Å². The van der Waals surface area contributed by atoms with Gasteiger partial charge in [0.2, 0.25) is 5.91 Å². The predicted molar refractivity (Wildman–Crippen MR) is 69.3 cm³/mol. The van der Waals surface area contributed by atoms with Gasteiger partial charge in [-0.3, -0.25) is 4.79 Å². The van der Waals surface area contributed by atoms with E-state index in [1.165, 1.54) is 0 Å². The summed E-state index contributed by atoms with van der Waals surface area (Å²) in [6.45, 7) is 11.1. The number of hydrogen-bond donors (Lipinski definition) is 1. The maximum Gasteiger partial charge on any atom is 0.228 e. The molecule has 0 heterocycles. The first-order chi connectivity index (χ1) is 7.38. The monoisotopic (exact) mass is 226 g/mol. The summed E-state index contributed by atoms with van der Waals surface area (Å²) in [5, 5.41) is 3.38. The van der Waals surface area contributed by atoms with Crippen molar-refractivity contribution in [1.82, 2.24) is 10.2 Å². The quantitative estimate of drug-likeness (QED) is 0.672. The third kappa shape index (κ3) is 5.91. The molecule has 2 atom stereocenters. The predicted octanol–water partition coefficient (Wildman–Crippen LogP) is 1.90. The zero-order chi connectivity index (χ0) is 12.7. The van der Waals surface area contributed by atoms with Crippen LogP contribution in [-0.4, -0.2) is 37.5 Å². The Morgan fingerprint density at radius 1 is 1.38 bits per heavy atom. The van der Waals surface area contributed by atoms with Gasteiger partial charge < -0.3 is 10.2 Å². The van der Waals surface area contributed by atoms with E-state index in [0.29, 0.717) is 12.0 Å². The van der Waals surface area contributed by atoms with Crippen molar-refractivity contribution in [2.45, 2.75) is 33.2 Å². The Morgan fingerprint density at radius 2 is 1.94 bits per heavy atom. The highest BCUT2D eigenvalue weighted by Gasteiger charge is 2.19. The second kappa shape index (κ2) is 7.44. The van der Waals surface area contributed by atoms with Gasteiger partial charge in [0, 0.05) is 20.1 Å². The molecule has 0 aromatic carbocycles. The van der Waals surface area contributed by atoms with Gasteiger partial charge in [0.15, 0.2) is 0 Å². The second-order valence-corrected chi connectivity index (χ2v) is 4.98. The van der Waals surface area contributed by atoms with Crippen molar-refractivity contribution in [3.05, 3.63) is 12.7 Å². The van der Waals surface area contributed by atoms with Crippen molar-refractivity contribution >= 4 is 5.91 Å². The number of rotatable bonds is 7. The molecular weight excluding hydrogens is 200 g/mol. The van der Waals surface area contributed by atoms with Crippen LogP contribution in [0.3, 0.4) is 0 Å². The highest BCUT2D eigenvalue weighted by Crippen LogP contribution is 2.14. The van der Waals surface area contributed by atoms with Gasteiger partial charge in [0.1, 0.15) is 0 Å². The summed E-state index contributed by atoms with van der Waals surface area (Å²) >= 11 is 0. The van der Waals surface area contributed by atoms with Gasteiger partial charge in [0.05, 0.1) is 5.92 Å². The zero-order valence-electron chi connectivity index (χ0n) is 11.3. The largest absolute Gasteiger partial charge is 0.348 e. The van der Waals surface area contributed by atoms with Crippen LogP contribution in [0.4, 0.5) is 0 Å². The summed E-state index contributed by atoms with van der Waals surface area (Å²) in [6.07, 6.45) is 2.62. The van der Waals surface area contributed by atoms with Crippen LogP contribution in [0.1, 0.15) is 27.2 Å². The summed E-state index contributed by atoms with van der Waals surface area (Å²) < 4.78 is 0. The fourth-order valence-corrected chi connectivity index (χ4v) is 1.58. The van der Waals surface area contributed by atoms with Crippen LogP contribution in [0.15, 0.2) is 12.7 Å². The van der Waals surface area contributed by atoms with Crippen molar-refractivity contribution in [1.29, 1.82) is 0 Å². The lowest BCUT2D eigenvalue weighted by atomic mass is 9.94. The Kier molecular flexibility index (Phi) is 7.06. The maximum atomic E-state index is 11.8. The van der Waals surface area contributed by atoms with E-state index in [1.807, 2.05) is 0 Å². The van der Waals surface area contributed by atoms with Crippen molar-refractivity contribution in [2.75, 3.05) is 20.6 Å². The molecule has 0 radical (unpaired) electrons. The molecule has 2 unspecified atom stereocenters. The lowest BCUT2D eigenvalue weighted by Gasteiger charge is -2.21. The Labute approximate surface area is 99.9 Å². The number of nitrogens with zero attached hydrogens (tertiary/aromatic N) is 1. The van der Waals surface area contributed by atoms with Crippen LogP contribution in [0.5, 0.6) is 0 Å². The molecule has 0 spiro atoms. The molecule has 0 aliphatic carbocycles. The van der Waals surface area contributed by atoms with Crippen LogP contribution in [0.25, 0.3) is 0 Å². The molecule has 0 rings (SSSR count). The highest BCUT2D eigenvalue weighted by atomic mass is 16.2. The normalized spacial score (nSPS) is 14.6. The molecular formula is C13H26N2O. The minimum atomic E-state index is -0.0565. The summed E-state index contributed by atoms with van der Waals surface area (Å²) in [5.74, 6) is 0.569. The summed E-state index contributed by atoms with van der Waals surface area (Å²) in [4.78, 5) is 13.4.